The maximum Gasteiger partial charge on any atom is 0.0496 e. The summed E-state index contributed by atoms with van der Waals surface area (Å²) in [5.41, 5.74) is 4.34. The zero-order valence-electron chi connectivity index (χ0n) is 24.5. The number of anilines is 2. The zero-order chi connectivity index (χ0) is 27.9. The highest BCUT2D eigenvalue weighted by Gasteiger charge is 2.18. The van der Waals surface area contributed by atoms with Crippen LogP contribution in [0.25, 0.3) is 0 Å². The van der Waals surface area contributed by atoms with Gasteiger partial charge in [0.1, 0.15) is 0 Å². The number of rotatable bonds is 11. The van der Waals surface area contributed by atoms with Crippen LogP contribution in [0, 0.1) is 17.3 Å². The molecule has 2 aromatic carbocycles. The first-order valence-electron chi connectivity index (χ1n) is 14.6. The molecule has 0 saturated carbocycles. The summed E-state index contributed by atoms with van der Waals surface area (Å²) in [4.78, 5) is 2.26. The van der Waals surface area contributed by atoms with Gasteiger partial charge in [-0.3, -0.25) is 0 Å². The molecule has 0 aromatic heterocycles. The highest BCUT2D eigenvalue weighted by molar-refractivity contribution is 5.72. The number of hydrogen-bond acceptors (Lipinski definition) is 1. The maximum absolute atomic E-state index is 4.46. The molecule has 1 nitrogen and oxygen atoms in total. The Morgan fingerprint density at radius 1 is 0.897 bits per heavy atom. The Morgan fingerprint density at radius 3 is 2.38 bits per heavy atom. The van der Waals surface area contributed by atoms with E-state index in [2.05, 4.69) is 167 Å². The predicted octanol–water partition coefficient (Wildman–Crippen LogP) is 11.1. The standard InChI is InChI=1S/C38H47N/c1-6-7-9-19-32(2)20-12-13-21-33(3)22-16-17-29-38(5)30-18-24-35-23-14-15-27-37(35)39(34(4)28-31-38)36-25-10-8-11-26-36/h8-12,14-20,22-23,25-33H,4,6-7,13,21,24H2,1-3,5H3/b19-9-,20-12-,22-16-,29-17?,30-18-,31-28-. The second kappa shape index (κ2) is 15.7. The molecule has 1 aliphatic heterocycles. The van der Waals surface area contributed by atoms with Crippen LogP contribution in [0.3, 0.4) is 0 Å². The van der Waals surface area contributed by atoms with E-state index in [9.17, 15) is 0 Å². The number of nitrogens with zero attached hydrogens (tertiary/aromatic N) is 1. The van der Waals surface area contributed by atoms with E-state index >= 15 is 0 Å². The van der Waals surface area contributed by atoms with Crippen LogP contribution in [0.4, 0.5) is 11.4 Å². The molecule has 1 heterocycles. The van der Waals surface area contributed by atoms with Gasteiger partial charge in [-0.15, -0.1) is 0 Å². The van der Waals surface area contributed by atoms with Crippen molar-refractivity contribution in [2.75, 3.05) is 4.90 Å². The summed E-state index contributed by atoms with van der Waals surface area (Å²) >= 11 is 0. The summed E-state index contributed by atoms with van der Waals surface area (Å²) in [6.07, 6.45) is 32.8. The fourth-order valence-electron chi connectivity index (χ4n) is 4.72. The largest absolute Gasteiger partial charge is 0.311 e. The average molecular weight is 518 g/mol. The van der Waals surface area contributed by atoms with Gasteiger partial charge < -0.3 is 4.90 Å². The Kier molecular flexibility index (Phi) is 12.1. The quantitative estimate of drug-likeness (QED) is 0.212. The van der Waals surface area contributed by atoms with E-state index in [1.807, 2.05) is 0 Å². The molecule has 0 N–H and O–H groups in total. The zero-order valence-corrected chi connectivity index (χ0v) is 24.5. The lowest BCUT2D eigenvalue weighted by atomic mass is 9.87. The molecule has 3 rings (SSSR count). The minimum Gasteiger partial charge on any atom is -0.311 e. The molecular formula is C38H47N. The van der Waals surface area contributed by atoms with Gasteiger partial charge in [-0.25, -0.2) is 0 Å². The Bertz CT molecular complexity index is 1210. The maximum atomic E-state index is 4.46. The number of unbranched alkanes of at least 4 members (excludes halogenated alkanes) is 1. The topological polar surface area (TPSA) is 3.24 Å². The van der Waals surface area contributed by atoms with Gasteiger partial charge in [0.25, 0.3) is 0 Å². The van der Waals surface area contributed by atoms with E-state index < -0.39 is 0 Å². The van der Waals surface area contributed by atoms with Crippen molar-refractivity contribution in [1.29, 1.82) is 0 Å². The minimum absolute atomic E-state index is 0.199. The van der Waals surface area contributed by atoms with Gasteiger partial charge in [-0.2, -0.15) is 0 Å². The molecule has 3 atom stereocenters. The molecule has 0 bridgehead atoms. The molecule has 3 unspecified atom stereocenters. The minimum atomic E-state index is -0.199. The Hall–Kier alpha value is -3.58. The van der Waals surface area contributed by atoms with Crippen molar-refractivity contribution in [2.45, 2.75) is 59.8 Å². The van der Waals surface area contributed by atoms with Gasteiger partial charge in [0.2, 0.25) is 0 Å². The first-order valence-corrected chi connectivity index (χ1v) is 14.6. The van der Waals surface area contributed by atoms with Crippen LogP contribution < -0.4 is 4.90 Å². The van der Waals surface area contributed by atoms with Gasteiger partial charge in [-0.05, 0) is 74.3 Å². The number of fused-ring (bicyclic) bond motifs is 1. The Morgan fingerprint density at radius 2 is 1.62 bits per heavy atom. The second-order valence-electron chi connectivity index (χ2n) is 10.9. The summed E-state index contributed by atoms with van der Waals surface area (Å²) in [6.45, 7) is 13.5. The van der Waals surface area contributed by atoms with Crippen molar-refractivity contribution in [3.05, 3.63) is 145 Å². The van der Waals surface area contributed by atoms with Crippen molar-refractivity contribution in [1.82, 2.24) is 0 Å². The third-order valence-electron chi connectivity index (χ3n) is 7.11. The van der Waals surface area contributed by atoms with E-state index in [0.29, 0.717) is 11.8 Å². The molecule has 204 valence electrons. The fraction of sp³-hybridized carbons (Fsp3) is 0.316. The molecule has 0 aliphatic carbocycles. The molecule has 0 saturated heterocycles. The van der Waals surface area contributed by atoms with Gasteiger partial charge >= 0.3 is 0 Å². The third kappa shape index (κ3) is 9.91. The normalized spacial score (nSPS) is 21.5. The number of hydrogen-bond donors (Lipinski definition) is 0. The molecular weight excluding hydrogens is 470 g/mol. The predicted molar refractivity (Wildman–Crippen MR) is 173 cm³/mol. The summed E-state index contributed by atoms with van der Waals surface area (Å²) < 4.78 is 0. The van der Waals surface area contributed by atoms with Crippen LogP contribution in [0.5, 0.6) is 0 Å². The van der Waals surface area contributed by atoms with Crippen LogP contribution in [0.1, 0.15) is 58.9 Å². The average Bonchev–Trinajstić information content (AvgIpc) is 2.94. The van der Waals surface area contributed by atoms with Crippen LogP contribution in [0.2, 0.25) is 0 Å². The molecule has 0 spiro atoms. The lowest BCUT2D eigenvalue weighted by Gasteiger charge is -2.29. The summed E-state index contributed by atoms with van der Waals surface area (Å²) in [5, 5.41) is 0. The van der Waals surface area contributed by atoms with Crippen LogP contribution in [-0.4, -0.2) is 0 Å². The summed E-state index contributed by atoms with van der Waals surface area (Å²) in [6, 6.07) is 19.1. The van der Waals surface area contributed by atoms with E-state index in [4.69, 9.17) is 0 Å². The van der Waals surface area contributed by atoms with Crippen molar-refractivity contribution < 1.29 is 0 Å². The Labute approximate surface area is 238 Å². The van der Waals surface area contributed by atoms with E-state index in [1.165, 1.54) is 24.1 Å². The molecule has 1 heteroatoms. The Balaban J connectivity index is 1.66. The first kappa shape index (κ1) is 30.0. The number of para-hydroxylation sites is 2. The summed E-state index contributed by atoms with van der Waals surface area (Å²) in [7, 11) is 0. The molecule has 0 amide bonds. The molecule has 2 aromatic rings. The SMILES string of the molecule is C=C1/C=C\C(C)(C=C/C=C\C(C)CC/C=C\C(C)/C=C\CCC)/C=C\Cc2ccccc2N1c1ccccc1. The van der Waals surface area contributed by atoms with Gasteiger partial charge in [0.05, 0.1) is 0 Å². The third-order valence-corrected chi connectivity index (χ3v) is 7.11. The molecule has 1 aliphatic rings. The van der Waals surface area contributed by atoms with Crippen LogP contribution >= 0.6 is 0 Å². The lowest BCUT2D eigenvalue weighted by molar-refractivity contribution is 0.656. The second-order valence-corrected chi connectivity index (χ2v) is 10.9. The van der Waals surface area contributed by atoms with Gasteiger partial charge in [0, 0.05) is 22.5 Å². The van der Waals surface area contributed by atoms with Crippen LogP contribution in [-0.2, 0) is 6.42 Å². The van der Waals surface area contributed by atoms with Crippen molar-refractivity contribution in [2.24, 2.45) is 17.3 Å². The molecule has 0 fully saturated rings. The highest BCUT2D eigenvalue weighted by Crippen LogP contribution is 2.35. The summed E-state index contributed by atoms with van der Waals surface area (Å²) in [5.74, 6) is 1.07. The van der Waals surface area contributed by atoms with Crippen molar-refractivity contribution in [3.63, 3.8) is 0 Å². The van der Waals surface area contributed by atoms with Crippen LogP contribution in [0.15, 0.2) is 140 Å². The number of allylic oxidation sites excluding steroid dienone is 12. The van der Waals surface area contributed by atoms with E-state index in [1.54, 1.807) is 0 Å². The fourth-order valence-corrected chi connectivity index (χ4v) is 4.72. The monoisotopic (exact) mass is 517 g/mol. The lowest BCUT2D eigenvalue weighted by Crippen LogP contribution is -2.17. The smallest absolute Gasteiger partial charge is 0.0496 e. The number of benzene rings is 2. The first-order chi connectivity index (χ1) is 18.9. The van der Waals surface area contributed by atoms with Gasteiger partial charge in [0.15, 0.2) is 0 Å². The van der Waals surface area contributed by atoms with E-state index in [0.717, 1.165) is 30.6 Å². The van der Waals surface area contributed by atoms with Crippen molar-refractivity contribution in [3.8, 4) is 0 Å². The van der Waals surface area contributed by atoms with Crippen molar-refractivity contribution >= 4 is 11.4 Å². The highest BCUT2D eigenvalue weighted by atomic mass is 15.1. The molecule has 39 heavy (non-hydrogen) atoms. The molecule has 0 radical (unpaired) electrons. The van der Waals surface area contributed by atoms with E-state index in [-0.39, 0.29) is 5.41 Å². The van der Waals surface area contributed by atoms with Gasteiger partial charge in [-0.1, -0.05) is 137 Å².